The maximum atomic E-state index is 13.2. The highest BCUT2D eigenvalue weighted by Gasteiger charge is 2.45. The second-order valence-corrected chi connectivity index (χ2v) is 17.3. The van der Waals surface area contributed by atoms with Crippen LogP contribution >= 0.6 is 11.6 Å². The van der Waals surface area contributed by atoms with Gasteiger partial charge in [0.05, 0.1) is 87.7 Å². The van der Waals surface area contributed by atoms with Crippen molar-refractivity contribution < 1.29 is 57.1 Å². The van der Waals surface area contributed by atoms with Gasteiger partial charge < -0.3 is 38.4 Å². The van der Waals surface area contributed by atoms with Crippen LogP contribution in [0.25, 0.3) is 0 Å². The van der Waals surface area contributed by atoms with Crippen molar-refractivity contribution in [2.45, 2.75) is 45.0 Å². The van der Waals surface area contributed by atoms with Gasteiger partial charge in [-0.2, -0.15) is 0 Å². The molecular formula is C48H53ClN10O13. The molecule has 5 heterocycles. The number of amides is 5. The standard InChI is InChI=1S/C48H53ClN10O13/c1-31-43(59(65)66)42(53-72-31)48(64)56-18-16-55(17-19-56)44(32-5-9-34(49)10-6-32)33-7-11-36(12-8-33)71-30-35-29-57(54-52-35)20-22-68-24-26-70-28-27-69-25-23-67-21-15-50-38-4-2-3-37-41(38)47(63)58(46(37)62)39-13-14-40(60)51-45(39)61/h2-12,29,39,44,50H,13-28,30H2,1H3,(H,51,60,61). The molecule has 2 saturated heterocycles. The number of aromatic nitrogens is 4. The summed E-state index contributed by atoms with van der Waals surface area (Å²) in [6, 6.07) is 19.1. The number of nitrogens with zero attached hydrogens (tertiary/aromatic N) is 8. The first-order chi connectivity index (χ1) is 35.0. The van der Waals surface area contributed by atoms with Gasteiger partial charge in [0, 0.05) is 56.8 Å². The second kappa shape index (κ2) is 24.3. The van der Waals surface area contributed by atoms with E-state index >= 15 is 0 Å². The average molecular weight is 1010 g/mol. The third-order valence-electron chi connectivity index (χ3n) is 12.1. The Labute approximate surface area is 417 Å². The fraction of sp³-hybridized carbons (Fsp3) is 0.417. The minimum atomic E-state index is -1.03. The van der Waals surface area contributed by atoms with E-state index in [1.807, 2.05) is 48.5 Å². The number of halogens is 1. The molecule has 8 rings (SSSR count). The Bertz CT molecular complexity index is 2730. The molecule has 0 radical (unpaired) electrons. The summed E-state index contributed by atoms with van der Waals surface area (Å²) in [6.07, 6.45) is 1.94. The predicted molar refractivity (Wildman–Crippen MR) is 254 cm³/mol. The Morgan fingerprint density at radius 3 is 2.19 bits per heavy atom. The summed E-state index contributed by atoms with van der Waals surface area (Å²) < 4.78 is 35.2. The van der Waals surface area contributed by atoms with Gasteiger partial charge in [0.25, 0.3) is 17.7 Å². The van der Waals surface area contributed by atoms with Crippen molar-refractivity contribution in [1.29, 1.82) is 0 Å². The van der Waals surface area contributed by atoms with Crippen molar-refractivity contribution in [3.8, 4) is 5.75 Å². The number of ether oxygens (including phenoxy) is 5. The lowest BCUT2D eigenvalue weighted by atomic mass is 9.96. The summed E-state index contributed by atoms with van der Waals surface area (Å²) in [5.41, 5.74) is 2.81. The summed E-state index contributed by atoms with van der Waals surface area (Å²) in [7, 11) is 0. The Balaban J connectivity index is 0.672. The Morgan fingerprint density at radius 1 is 0.875 bits per heavy atom. The summed E-state index contributed by atoms with van der Waals surface area (Å²) in [6.45, 7) is 7.11. The summed E-state index contributed by atoms with van der Waals surface area (Å²) >= 11 is 6.24. The van der Waals surface area contributed by atoms with Crippen LogP contribution in [0.15, 0.2) is 77.4 Å². The van der Waals surface area contributed by atoms with Crippen LogP contribution in [0.5, 0.6) is 5.75 Å². The van der Waals surface area contributed by atoms with E-state index in [1.165, 1.54) is 6.92 Å². The fourth-order valence-electron chi connectivity index (χ4n) is 8.57. The first-order valence-electron chi connectivity index (χ1n) is 23.4. The zero-order valence-corrected chi connectivity index (χ0v) is 40.1. The van der Waals surface area contributed by atoms with E-state index in [-0.39, 0.29) is 48.1 Å². The van der Waals surface area contributed by atoms with Crippen LogP contribution in [0.2, 0.25) is 5.02 Å². The summed E-state index contributed by atoms with van der Waals surface area (Å²) in [4.78, 5) is 79.1. The van der Waals surface area contributed by atoms with Gasteiger partial charge in [-0.25, -0.2) is 4.68 Å². The quantitative estimate of drug-likeness (QED) is 0.0364. The van der Waals surface area contributed by atoms with Crippen molar-refractivity contribution >= 4 is 52.5 Å². The first kappa shape index (κ1) is 51.2. The van der Waals surface area contributed by atoms with E-state index in [1.54, 1.807) is 34.0 Å². The van der Waals surface area contributed by atoms with E-state index < -0.39 is 46.2 Å². The van der Waals surface area contributed by atoms with Gasteiger partial charge in [-0.15, -0.1) is 5.10 Å². The lowest BCUT2D eigenvalue weighted by molar-refractivity contribution is -0.386. The fourth-order valence-corrected chi connectivity index (χ4v) is 8.70. The highest BCUT2D eigenvalue weighted by atomic mass is 35.5. The molecule has 3 aliphatic heterocycles. The maximum Gasteiger partial charge on any atom is 0.344 e. The van der Waals surface area contributed by atoms with Crippen LogP contribution in [0.3, 0.4) is 0 Å². The average Bonchev–Trinajstić information content (AvgIpc) is 4.08. The summed E-state index contributed by atoms with van der Waals surface area (Å²) in [5, 5.41) is 29.6. The molecule has 2 aromatic heterocycles. The molecule has 24 heteroatoms. The lowest BCUT2D eigenvalue weighted by Crippen LogP contribution is -2.54. The van der Waals surface area contributed by atoms with Crippen molar-refractivity contribution in [3.63, 3.8) is 0 Å². The number of piperidine rings is 1. The van der Waals surface area contributed by atoms with E-state index in [9.17, 15) is 34.1 Å². The number of nitro groups is 1. The molecule has 3 aromatic carbocycles. The molecule has 23 nitrogen and oxygen atoms in total. The number of anilines is 1. The van der Waals surface area contributed by atoms with Crippen molar-refractivity contribution in [2.24, 2.45) is 0 Å². The molecular weight excluding hydrogens is 960 g/mol. The molecule has 2 atom stereocenters. The van der Waals surface area contributed by atoms with Crippen LogP contribution in [-0.4, -0.2) is 161 Å². The molecule has 5 aromatic rings. The minimum Gasteiger partial charge on any atom is -0.487 e. The smallest absolute Gasteiger partial charge is 0.344 e. The van der Waals surface area contributed by atoms with Crippen LogP contribution in [0.4, 0.5) is 11.4 Å². The number of rotatable bonds is 25. The van der Waals surface area contributed by atoms with Gasteiger partial charge in [0.15, 0.2) is 0 Å². The number of aryl methyl sites for hydroxylation is 1. The molecule has 2 fully saturated rings. The van der Waals surface area contributed by atoms with Gasteiger partial charge >= 0.3 is 5.69 Å². The number of carbonyl (C=O) groups excluding carboxylic acids is 5. The van der Waals surface area contributed by atoms with Gasteiger partial charge in [-0.1, -0.05) is 52.3 Å². The van der Waals surface area contributed by atoms with E-state index in [2.05, 4.69) is 31.0 Å². The molecule has 2 N–H and O–H groups in total. The van der Waals surface area contributed by atoms with E-state index in [0.717, 1.165) is 16.0 Å². The number of imide groups is 2. The van der Waals surface area contributed by atoms with Crippen molar-refractivity contribution in [3.05, 3.63) is 127 Å². The number of hydrogen-bond donors (Lipinski definition) is 2. The largest absolute Gasteiger partial charge is 0.487 e. The zero-order valence-electron chi connectivity index (χ0n) is 39.4. The normalized spacial score (nSPS) is 16.5. The maximum absolute atomic E-state index is 13.2. The molecule has 3 aliphatic rings. The lowest BCUT2D eigenvalue weighted by Gasteiger charge is -2.39. The van der Waals surface area contributed by atoms with Crippen molar-refractivity contribution in [1.82, 2.24) is 40.2 Å². The highest BCUT2D eigenvalue weighted by molar-refractivity contribution is 6.30. The third-order valence-corrected chi connectivity index (χ3v) is 12.4. The highest BCUT2D eigenvalue weighted by Crippen LogP contribution is 2.34. The monoisotopic (exact) mass is 1010 g/mol. The van der Waals surface area contributed by atoms with E-state index in [4.69, 9.17) is 39.8 Å². The predicted octanol–water partition coefficient (Wildman–Crippen LogP) is 3.84. The molecule has 0 saturated carbocycles. The molecule has 5 amide bonds. The van der Waals surface area contributed by atoms with Crippen LogP contribution < -0.4 is 15.4 Å². The Morgan fingerprint density at radius 2 is 1.53 bits per heavy atom. The topological polar surface area (TPSA) is 265 Å². The van der Waals surface area contributed by atoms with E-state index in [0.29, 0.717) is 114 Å². The molecule has 72 heavy (non-hydrogen) atoms. The number of fused-ring (bicyclic) bond motifs is 1. The Hall–Kier alpha value is -7.15. The van der Waals surface area contributed by atoms with Crippen LogP contribution in [0.1, 0.15) is 72.7 Å². The molecule has 2 unspecified atom stereocenters. The second-order valence-electron chi connectivity index (χ2n) is 16.9. The van der Waals surface area contributed by atoms with Crippen molar-refractivity contribution in [2.75, 3.05) is 90.9 Å². The molecule has 0 spiro atoms. The SMILES string of the molecule is Cc1onc(C(=O)N2CCN(C(c3ccc(Cl)cc3)c3ccc(OCc4cn(CCOCCOCCOCCOCCNc5cccc6c5C(=O)N(C5CCC(=O)NC5=O)C6=O)nn4)cc3)CC2)c1[N+](=O)[O-]. The van der Waals surface area contributed by atoms with Gasteiger partial charge in [0.1, 0.15) is 24.1 Å². The van der Waals surface area contributed by atoms with Gasteiger partial charge in [0.2, 0.25) is 23.3 Å². The van der Waals surface area contributed by atoms with Gasteiger partial charge in [-0.3, -0.25) is 49.2 Å². The van der Waals surface area contributed by atoms with Gasteiger partial charge in [-0.05, 0) is 53.9 Å². The molecule has 380 valence electrons. The number of carbonyl (C=O) groups is 5. The third kappa shape index (κ3) is 12.5. The number of nitrogens with one attached hydrogen (secondary N) is 2. The Kier molecular flexibility index (Phi) is 17.3. The minimum absolute atomic E-state index is 0.0157. The van der Waals surface area contributed by atoms with Crippen LogP contribution in [0, 0.1) is 17.0 Å². The van der Waals surface area contributed by atoms with Crippen LogP contribution in [-0.2, 0) is 41.7 Å². The zero-order chi connectivity index (χ0) is 50.6. The molecule has 0 bridgehead atoms. The number of piperazine rings is 1. The number of benzene rings is 3. The molecule has 0 aliphatic carbocycles. The summed E-state index contributed by atoms with van der Waals surface area (Å²) in [5.74, 6) is -2.13. The number of hydrogen-bond acceptors (Lipinski definition) is 18. The first-order valence-corrected chi connectivity index (χ1v) is 23.7.